The Labute approximate surface area is 136 Å². The predicted octanol–water partition coefficient (Wildman–Crippen LogP) is 3.83. The summed E-state index contributed by atoms with van der Waals surface area (Å²) in [7, 11) is 0. The topological polar surface area (TPSA) is 55.4 Å². The maximum absolute atomic E-state index is 13.5. The van der Waals surface area contributed by atoms with E-state index in [-0.39, 0.29) is 5.69 Å². The van der Waals surface area contributed by atoms with Crippen molar-refractivity contribution in [2.24, 2.45) is 0 Å². The lowest BCUT2D eigenvalue weighted by atomic mass is 10.2. The molecule has 1 aromatic heterocycles. The zero-order valence-corrected chi connectivity index (χ0v) is 13.6. The molecule has 0 saturated carbocycles. The van der Waals surface area contributed by atoms with Gasteiger partial charge in [0.1, 0.15) is 11.6 Å². The Balaban J connectivity index is 2.04. The van der Waals surface area contributed by atoms with Crippen LogP contribution in [0.5, 0.6) is 0 Å². The van der Waals surface area contributed by atoms with E-state index in [0.29, 0.717) is 5.56 Å². The second kappa shape index (κ2) is 6.87. The number of thiophene rings is 1. The summed E-state index contributed by atoms with van der Waals surface area (Å²) in [6.07, 6.45) is -1.15. The van der Waals surface area contributed by atoms with Crippen molar-refractivity contribution in [1.29, 1.82) is 0 Å². The molecule has 0 fully saturated rings. The Hall–Kier alpha value is -2.28. The molecule has 1 atom stereocenters. The second-order valence-corrected chi connectivity index (χ2v) is 6.45. The third-order valence-corrected chi connectivity index (χ3v) is 4.07. The first-order valence-corrected chi connectivity index (χ1v) is 7.63. The molecule has 1 N–H and O–H groups in total. The molecule has 0 unspecified atom stereocenters. The molecular weight excluding hydrogens is 324 g/mol. The number of amides is 1. The number of ether oxygens (including phenoxy) is 1. The Kier molecular flexibility index (Phi) is 5.10. The van der Waals surface area contributed by atoms with Crippen LogP contribution in [-0.4, -0.2) is 18.0 Å². The zero-order valence-electron chi connectivity index (χ0n) is 12.8. The number of rotatable bonds is 4. The van der Waals surface area contributed by atoms with E-state index in [9.17, 15) is 18.4 Å². The van der Waals surface area contributed by atoms with Crippen molar-refractivity contribution < 1.29 is 23.1 Å². The Morgan fingerprint density at radius 3 is 2.52 bits per heavy atom. The molecule has 4 nitrogen and oxygen atoms in total. The number of carbonyl (C=O) groups is 2. The third-order valence-electron chi connectivity index (χ3n) is 3.10. The first kappa shape index (κ1) is 17.1. The van der Waals surface area contributed by atoms with E-state index in [0.717, 1.165) is 28.0 Å². The van der Waals surface area contributed by atoms with Crippen LogP contribution in [0.4, 0.5) is 14.5 Å². The van der Waals surface area contributed by atoms with Crippen molar-refractivity contribution in [2.45, 2.75) is 26.9 Å². The molecule has 1 amide bonds. The number of esters is 1. The number of halogens is 2. The molecule has 23 heavy (non-hydrogen) atoms. The molecule has 0 aliphatic carbocycles. The summed E-state index contributed by atoms with van der Waals surface area (Å²) in [5, 5.41) is 2.20. The van der Waals surface area contributed by atoms with Crippen LogP contribution < -0.4 is 5.32 Å². The number of carbonyl (C=O) groups excluding carboxylic acids is 2. The van der Waals surface area contributed by atoms with Gasteiger partial charge in [-0.15, -0.1) is 11.3 Å². The molecular formula is C16H15F2NO3S. The normalized spacial score (nSPS) is 11.9. The largest absolute Gasteiger partial charge is 0.449 e. The molecule has 7 heteroatoms. The van der Waals surface area contributed by atoms with Gasteiger partial charge in [0, 0.05) is 15.8 Å². The van der Waals surface area contributed by atoms with Gasteiger partial charge in [0.15, 0.2) is 6.10 Å². The van der Waals surface area contributed by atoms with E-state index in [2.05, 4.69) is 5.32 Å². The Morgan fingerprint density at radius 2 is 1.91 bits per heavy atom. The number of aryl methyl sites for hydroxylation is 2. The fourth-order valence-electron chi connectivity index (χ4n) is 1.94. The lowest BCUT2D eigenvalue weighted by molar-refractivity contribution is -0.123. The highest BCUT2D eigenvalue weighted by atomic mass is 32.1. The van der Waals surface area contributed by atoms with Gasteiger partial charge in [-0.1, -0.05) is 0 Å². The summed E-state index contributed by atoms with van der Waals surface area (Å²) in [6.45, 7) is 5.00. The minimum Gasteiger partial charge on any atom is -0.449 e. The summed E-state index contributed by atoms with van der Waals surface area (Å²) >= 11 is 1.45. The fraction of sp³-hybridized carbons (Fsp3) is 0.250. The number of hydrogen-bond donors (Lipinski definition) is 1. The van der Waals surface area contributed by atoms with Gasteiger partial charge in [-0.3, -0.25) is 4.79 Å². The highest BCUT2D eigenvalue weighted by molar-refractivity contribution is 7.12. The number of benzene rings is 1. The molecule has 2 aromatic rings. The van der Waals surface area contributed by atoms with Crippen LogP contribution in [-0.2, 0) is 9.53 Å². The van der Waals surface area contributed by atoms with E-state index >= 15 is 0 Å². The first-order valence-electron chi connectivity index (χ1n) is 6.82. The molecule has 0 radical (unpaired) electrons. The molecule has 1 heterocycles. The predicted molar refractivity (Wildman–Crippen MR) is 83.7 cm³/mol. The van der Waals surface area contributed by atoms with E-state index in [1.54, 1.807) is 13.0 Å². The number of anilines is 1. The van der Waals surface area contributed by atoms with Crippen LogP contribution in [0.3, 0.4) is 0 Å². The average Bonchev–Trinajstić information content (AvgIpc) is 2.81. The Bertz CT molecular complexity index is 758. The third kappa shape index (κ3) is 4.13. The maximum atomic E-state index is 13.5. The molecule has 0 saturated heterocycles. The van der Waals surface area contributed by atoms with Crippen molar-refractivity contribution in [1.82, 2.24) is 0 Å². The van der Waals surface area contributed by atoms with Crippen molar-refractivity contribution in [3.8, 4) is 0 Å². The maximum Gasteiger partial charge on any atom is 0.340 e. The second-order valence-electron chi connectivity index (χ2n) is 4.99. The number of nitrogens with one attached hydrogen (secondary N) is 1. The fourth-order valence-corrected chi connectivity index (χ4v) is 2.85. The molecule has 0 aliphatic heterocycles. The summed E-state index contributed by atoms with van der Waals surface area (Å²) in [4.78, 5) is 25.7. The van der Waals surface area contributed by atoms with Gasteiger partial charge in [0.05, 0.1) is 11.3 Å². The van der Waals surface area contributed by atoms with Crippen molar-refractivity contribution in [3.63, 3.8) is 0 Å². The zero-order chi connectivity index (χ0) is 17.1. The van der Waals surface area contributed by atoms with Crippen LogP contribution in [0.1, 0.15) is 27.0 Å². The molecule has 0 spiro atoms. The SMILES string of the molecule is Cc1cc(C(=O)O[C@H](C)C(=O)Nc2cc(F)ccc2F)c(C)s1. The van der Waals surface area contributed by atoms with Crippen LogP contribution in [0, 0.1) is 25.5 Å². The van der Waals surface area contributed by atoms with Crippen LogP contribution in [0.25, 0.3) is 0 Å². The molecule has 0 aliphatic rings. The van der Waals surface area contributed by atoms with Gasteiger partial charge in [0.25, 0.3) is 5.91 Å². The van der Waals surface area contributed by atoms with Crippen molar-refractivity contribution in [2.75, 3.05) is 5.32 Å². The average molecular weight is 339 g/mol. The summed E-state index contributed by atoms with van der Waals surface area (Å²) in [6, 6.07) is 4.38. The van der Waals surface area contributed by atoms with Gasteiger partial charge in [0.2, 0.25) is 0 Å². The standard InChI is InChI=1S/C16H15F2NO3S/c1-8-6-12(10(3)23-8)16(21)22-9(2)15(20)19-14-7-11(17)4-5-13(14)18/h4-7,9H,1-3H3,(H,19,20)/t9-/m1/s1. The van der Waals surface area contributed by atoms with Crippen molar-refractivity contribution >= 4 is 28.9 Å². The van der Waals surface area contributed by atoms with Gasteiger partial charge in [-0.25, -0.2) is 13.6 Å². The summed E-state index contributed by atoms with van der Waals surface area (Å²) in [5.41, 5.74) is 0.0875. The molecule has 0 bridgehead atoms. The molecule has 1 aromatic carbocycles. The smallest absolute Gasteiger partial charge is 0.340 e. The van der Waals surface area contributed by atoms with E-state index in [4.69, 9.17) is 4.74 Å². The molecule has 122 valence electrons. The van der Waals surface area contributed by atoms with E-state index < -0.39 is 29.6 Å². The Morgan fingerprint density at radius 1 is 1.22 bits per heavy atom. The van der Waals surface area contributed by atoms with Gasteiger partial charge in [-0.05, 0) is 39.0 Å². The quantitative estimate of drug-likeness (QED) is 0.862. The summed E-state index contributed by atoms with van der Waals surface area (Å²) < 4.78 is 31.6. The van der Waals surface area contributed by atoms with Crippen LogP contribution in [0.2, 0.25) is 0 Å². The van der Waals surface area contributed by atoms with Gasteiger partial charge in [-0.2, -0.15) is 0 Å². The lowest BCUT2D eigenvalue weighted by Gasteiger charge is -2.14. The van der Waals surface area contributed by atoms with Crippen molar-refractivity contribution in [3.05, 3.63) is 51.2 Å². The van der Waals surface area contributed by atoms with Gasteiger partial charge < -0.3 is 10.1 Å². The minimum atomic E-state index is -1.15. The monoisotopic (exact) mass is 339 g/mol. The lowest BCUT2D eigenvalue weighted by Crippen LogP contribution is -2.30. The van der Waals surface area contributed by atoms with E-state index in [1.807, 2.05) is 6.92 Å². The first-order chi connectivity index (χ1) is 10.8. The summed E-state index contributed by atoms with van der Waals surface area (Å²) in [5.74, 6) is -2.83. The number of hydrogen-bond acceptors (Lipinski definition) is 4. The van der Waals surface area contributed by atoms with Crippen LogP contribution in [0.15, 0.2) is 24.3 Å². The highest BCUT2D eigenvalue weighted by Crippen LogP contribution is 2.22. The van der Waals surface area contributed by atoms with Gasteiger partial charge >= 0.3 is 5.97 Å². The highest BCUT2D eigenvalue weighted by Gasteiger charge is 2.22. The minimum absolute atomic E-state index is 0.305. The van der Waals surface area contributed by atoms with E-state index in [1.165, 1.54) is 18.3 Å². The molecule has 2 rings (SSSR count). The van der Waals surface area contributed by atoms with Crippen LogP contribution >= 0.6 is 11.3 Å².